The normalized spacial score (nSPS) is 14.8. The quantitative estimate of drug-likeness (QED) is 0.737. The third-order valence-corrected chi connectivity index (χ3v) is 5.60. The molecular formula is C20H21N5O2S. The van der Waals surface area contributed by atoms with Crippen molar-refractivity contribution < 1.29 is 9.59 Å². The number of rotatable bonds is 4. The zero-order chi connectivity index (χ0) is 19.5. The van der Waals surface area contributed by atoms with Crippen molar-refractivity contribution >= 4 is 23.2 Å². The zero-order valence-corrected chi connectivity index (χ0v) is 16.4. The van der Waals surface area contributed by atoms with E-state index in [0.29, 0.717) is 18.9 Å². The molecule has 1 aliphatic heterocycles. The molecule has 2 amide bonds. The Morgan fingerprint density at radius 2 is 1.86 bits per heavy atom. The van der Waals surface area contributed by atoms with E-state index in [-0.39, 0.29) is 23.7 Å². The van der Waals surface area contributed by atoms with Gasteiger partial charge in [-0.2, -0.15) is 0 Å². The third-order valence-electron chi connectivity index (χ3n) is 4.73. The molecule has 1 saturated heterocycles. The summed E-state index contributed by atoms with van der Waals surface area (Å²) in [6.07, 6.45) is 1.48. The fourth-order valence-electron chi connectivity index (χ4n) is 3.37. The van der Waals surface area contributed by atoms with E-state index in [1.165, 1.54) is 6.92 Å². The second kappa shape index (κ2) is 7.93. The Balaban J connectivity index is 1.59. The van der Waals surface area contributed by atoms with Crippen molar-refractivity contribution in [1.82, 2.24) is 25.0 Å². The number of amides is 2. The van der Waals surface area contributed by atoms with Gasteiger partial charge in [0, 0.05) is 26.1 Å². The van der Waals surface area contributed by atoms with Crippen molar-refractivity contribution in [2.24, 2.45) is 0 Å². The number of carbonyl (C=O) groups is 2. The molecule has 2 aromatic heterocycles. The van der Waals surface area contributed by atoms with Crippen molar-refractivity contribution in [2.45, 2.75) is 25.8 Å². The van der Waals surface area contributed by atoms with Gasteiger partial charge in [0.15, 0.2) is 5.82 Å². The predicted octanol–water partition coefficient (Wildman–Crippen LogP) is 2.74. The zero-order valence-electron chi connectivity index (χ0n) is 15.5. The number of benzene rings is 1. The average molecular weight is 395 g/mol. The van der Waals surface area contributed by atoms with Gasteiger partial charge in [-0.15, -0.1) is 16.4 Å². The summed E-state index contributed by atoms with van der Waals surface area (Å²) in [7, 11) is 0. The maximum absolute atomic E-state index is 13.0. The second-order valence-electron chi connectivity index (χ2n) is 6.75. The van der Waals surface area contributed by atoms with Crippen LogP contribution in [0.5, 0.6) is 0 Å². The highest BCUT2D eigenvalue weighted by Gasteiger charge is 2.28. The van der Waals surface area contributed by atoms with Crippen LogP contribution in [0.15, 0.2) is 47.8 Å². The maximum atomic E-state index is 13.0. The van der Waals surface area contributed by atoms with E-state index >= 15 is 0 Å². The summed E-state index contributed by atoms with van der Waals surface area (Å²) in [4.78, 5) is 31.5. The molecule has 0 saturated carbocycles. The smallest absolute Gasteiger partial charge is 0.293 e. The number of likely N-dealkylation sites (tertiary alicyclic amines) is 1. The SMILES string of the molecule is CC(=O)NC1CCN(C(=O)c2nc(-c3cccs3)n(-c3ccccc3)n2)CC1. The number of nitrogens with one attached hydrogen (secondary N) is 1. The largest absolute Gasteiger partial charge is 0.353 e. The van der Waals surface area contributed by atoms with Crippen molar-refractivity contribution in [1.29, 1.82) is 0 Å². The van der Waals surface area contributed by atoms with E-state index in [4.69, 9.17) is 0 Å². The summed E-state index contributed by atoms with van der Waals surface area (Å²) in [5.74, 6) is 0.658. The molecule has 0 aliphatic carbocycles. The van der Waals surface area contributed by atoms with E-state index in [1.807, 2.05) is 47.8 Å². The van der Waals surface area contributed by atoms with Crippen LogP contribution in [0.25, 0.3) is 16.4 Å². The van der Waals surface area contributed by atoms with Gasteiger partial charge in [-0.1, -0.05) is 24.3 Å². The summed E-state index contributed by atoms with van der Waals surface area (Å²) in [5.41, 5.74) is 0.863. The Bertz CT molecular complexity index is 960. The molecule has 1 fully saturated rings. The molecule has 0 atom stereocenters. The van der Waals surface area contributed by atoms with Crippen molar-refractivity contribution in [2.75, 3.05) is 13.1 Å². The number of hydrogen-bond acceptors (Lipinski definition) is 5. The topological polar surface area (TPSA) is 80.1 Å². The molecule has 7 nitrogen and oxygen atoms in total. The molecule has 0 unspecified atom stereocenters. The van der Waals surface area contributed by atoms with Crippen LogP contribution in [0.1, 0.15) is 30.4 Å². The first-order chi connectivity index (χ1) is 13.6. The molecule has 0 spiro atoms. The van der Waals surface area contributed by atoms with Crippen LogP contribution < -0.4 is 5.32 Å². The standard InChI is InChI=1S/C20H21N5O2S/c1-14(26)21-15-9-11-24(12-10-15)20(27)18-22-19(17-8-5-13-28-17)25(23-18)16-6-3-2-4-7-16/h2-8,13,15H,9-12H2,1H3,(H,21,26). The molecule has 144 valence electrons. The average Bonchev–Trinajstić information content (AvgIpc) is 3.38. The molecular weight excluding hydrogens is 374 g/mol. The van der Waals surface area contributed by atoms with Gasteiger partial charge >= 0.3 is 0 Å². The van der Waals surface area contributed by atoms with Crippen LogP contribution in [-0.4, -0.2) is 50.6 Å². The van der Waals surface area contributed by atoms with Gasteiger partial charge < -0.3 is 10.2 Å². The van der Waals surface area contributed by atoms with E-state index in [1.54, 1.807) is 20.9 Å². The van der Waals surface area contributed by atoms with Gasteiger partial charge in [-0.3, -0.25) is 9.59 Å². The summed E-state index contributed by atoms with van der Waals surface area (Å²) < 4.78 is 1.73. The van der Waals surface area contributed by atoms with Gasteiger partial charge in [-0.05, 0) is 36.4 Å². The van der Waals surface area contributed by atoms with E-state index in [9.17, 15) is 9.59 Å². The van der Waals surface area contributed by atoms with E-state index in [2.05, 4.69) is 15.4 Å². The van der Waals surface area contributed by atoms with Crippen LogP contribution in [-0.2, 0) is 4.79 Å². The van der Waals surface area contributed by atoms with Crippen LogP contribution in [0.3, 0.4) is 0 Å². The van der Waals surface area contributed by atoms with Gasteiger partial charge in [-0.25, -0.2) is 9.67 Å². The Kier molecular flexibility index (Phi) is 5.21. The highest BCUT2D eigenvalue weighted by atomic mass is 32.1. The molecule has 1 N–H and O–H groups in total. The number of para-hydroxylation sites is 1. The Morgan fingerprint density at radius 3 is 2.50 bits per heavy atom. The minimum atomic E-state index is -0.172. The van der Waals surface area contributed by atoms with Crippen molar-refractivity contribution in [3.63, 3.8) is 0 Å². The van der Waals surface area contributed by atoms with Crippen LogP contribution in [0, 0.1) is 0 Å². The summed E-state index contributed by atoms with van der Waals surface area (Å²) in [5, 5.41) is 9.43. The monoisotopic (exact) mass is 395 g/mol. The minimum Gasteiger partial charge on any atom is -0.353 e. The summed E-state index contributed by atoms with van der Waals surface area (Å²) in [6.45, 7) is 2.68. The van der Waals surface area contributed by atoms with E-state index in [0.717, 1.165) is 23.4 Å². The lowest BCUT2D eigenvalue weighted by molar-refractivity contribution is -0.119. The highest BCUT2D eigenvalue weighted by molar-refractivity contribution is 7.13. The lowest BCUT2D eigenvalue weighted by atomic mass is 10.0. The van der Waals surface area contributed by atoms with Gasteiger partial charge in [0.1, 0.15) is 0 Å². The van der Waals surface area contributed by atoms with Gasteiger partial charge in [0.05, 0.1) is 10.6 Å². The number of thiophene rings is 1. The summed E-state index contributed by atoms with van der Waals surface area (Å²) >= 11 is 1.56. The Morgan fingerprint density at radius 1 is 1.11 bits per heavy atom. The predicted molar refractivity (Wildman–Crippen MR) is 107 cm³/mol. The Hall–Kier alpha value is -3.00. The molecule has 3 aromatic rings. The van der Waals surface area contributed by atoms with Gasteiger partial charge in [0.25, 0.3) is 5.91 Å². The van der Waals surface area contributed by atoms with Crippen molar-refractivity contribution in [3.05, 3.63) is 53.7 Å². The molecule has 8 heteroatoms. The molecule has 4 rings (SSSR count). The number of hydrogen-bond donors (Lipinski definition) is 1. The van der Waals surface area contributed by atoms with Crippen LogP contribution in [0.2, 0.25) is 0 Å². The molecule has 3 heterocycles. The number of nitrogens with zero attached hydrogens (tertiary/aromatic N) is 4. The minimum absolute atomic E-state index is 0.0337. The number of aromatic nitrogens is 3. The molecule has 28 heavy (non-hydrogen) atoms. The van der Waals surface area contributed by atoms with Crippen LogP contribution in [0.4, 0.5) is 0 Å². The fourth-order valence-corrected chi connectivity index (χ4v) is 4.07. The van der Waals surface area contributed by atoms with Gasteiger partial charge in [0.2, 0.25) is 11.7 Å². The van der Waals surface area contributed by atoms with Crippen molar-refractivity contribution in [3.8, 4) is 16.4 Å². The first kappa shape index (κ1) is 18.4. The molecule has 0 bridgehead atoms. The first-order valence-corrected chi connectivity index (χ1v) is 10.1. The number of piperidine rings is 1. The lowest BCUT2D eigenvalue weighted by Crippen LogP contribution is -2.46. The lowest BCUT2D eigenvalue weighted by Gasteiger charge is -2.31. The van der Waals surface area contributed by atoms with Crippen LogP contribution >= 0.6 is 11.3 Å². The third kappa shape index (κ3) is 3.82. The fraction of sp³-hybridized carbons (Fsp3) is 0.300. The van der Waals surface area contributed by atoms with E-state index < -0.39 is 0 Å². The Labute approximate surface area is 167 Å². The summed E-state index contributed by atoms with van der Waals surface area (Å²) in [6, 6.07) is 13.7. The maximum Gasteiger partial charge on any atom is 0.293 e. The first-order valence-electron chi connectivity index (χ1n) is 9.24. The second-order valence-corrected chi connectivity index (χ2v) is 7.70. The molecule has 1 aromatic carbocycles. The number of carbonyl (C=O) groups excluding carboxylic acids is 2. The highest BCUT2D eigenvalue weighted by Crippen LogP contribution is 2.26. The molecule has 0 radical (unpaired) electrons. The molecule has 1 aliphatic rings.